The summed E-state index contributed by atoms with van der Waals surface area (Å²) < 4.78 is 70.0. The number of anilines is 1. The number of hydrogen-bond acceptors (Lipinski definition) is 6. The number of rotatable bonds is 7. The van der Waals surface area contributed by atoms with Crippen LogP contribution in [0.3, 0.4) is 0 Å². The zero-order chi connectivity index (χ0) is 26.5. The summed E-state index contributed by atoms with van der Waals surface area (Å²) in [5.74, 6) is -5.67. The largest absolute Gasteiger partial charge is 0.484 e. The number of nitriles is 1. The maximum Gasteiger partial charge on any atom is 0.416 e. The Hall–Kier alpha value is -4.28. The molecule has 3 rings (SSSR count). The van der Waals surface area contributed by atoms with Gasteiger partial charge in [0.15, 0.2) is 6.61 Å². The lowest BCUT2D eigenvalue weighted by Gasteiger charge is -2.19. The quantitative estimate of drug-likeness (QED) is 0.551. The molecule has 0 saturated carbocycles. The molecular weight excluding hydrogens is 493 g/mol. The smallest absolute Gasteiger partial charge is 0.416 e. The predicted molar refractivity (Wildman–Crippen MR) is 113 cm³/mol. The van der Waals surface area contributed by atoms with Crippen LogP contribution in [0.15, 0.2) is 42.7 Å². The van der Waals surface area contributed by atoms with Gasteiger partial charge >= 0.3 is 6.18 Å². The number of hydrogen-bond donors (Lipinski definition) is 2. The Balaban J connectivity index is 1.56. The fraction of sp³-hybridized carbons (Fsp3) is 0.318. The SMILES string of the molecule is N#CC1CC(F)(F)CN1C(=O)CNC(=O)c1ccncc1NC(=O)COc1ccc(C(F)(F)F)cc1. The summed E-state index contributed by atoms with van der Waals surface area (Å²) in [7, 11) is 0. The third-order valence-electron chi connectivity index (χ3n) is 5.03. The fourth-order valence-electron chi connectivity index (χ4n) is 3.31. The number of alkyl halides is 5. The Labute approximate surface area is 200 Å². The molecule has 36 heavy (non-hydrogen) atoms. The molecule has 1 atom stereocenters. The fourth-order valence-corrected chi connectivity index (χ4v) is 3.31. The Kier molecular flexibility index (Phi) is 7.71. The summed E-state index contributed by atoms with van der Waals surface area (Å²) in [6, 6.07) is 5.22. The predicted octanol–water partition coefficient (Wildman–Crippen LogP) is 2.61. The number of halogens is 5. The van der Waals surface area contributed by atoms with Crippen molar-refractivity contribution in [2.24, 2.45) is 0 Å². The van der Waals surface area contributed by atoms with Gasteiger partial charge in [0, 0.05) is 12.6 Å². The number of amides is 3. The van der Waals surface area contributed by atoms with Gasteiger partial charge in [0.25, 0.3) is 17.7 Å². The first-order valence-electron chi connectivity index (χ1n) is 10.3. The van der Waals surface area contributed by atoms with Crippen molar-refractivity contribution in [2.75, 3.05) is 25.0 Å². The van der Waals surface area contributed by atoms with Crippen molar-refractivity contribution >= 4 is 23.4 Å². The van der Waals surface area contributed by atoms with Crippen LogP contribution in [0.25, 0.3) is 0 Å². The first-order valence-corrected chi connectivity index (χ1v) is 10.3. The van der Waals surface area contributed by atoms with Gasteiger partial charge in [-0.05, 0) is 30.3 Å². The maximum atomic E-state index is 13.5. The lowest BCUT2D eigenvalue weighted by Crippen LogP contribution is -2.43. The molecule has 14 heteroatoms. The van der Waals surface area contributed by atoms with E-state index in [0.29, 0.717) is 4.90 Å². The summed E-state index contributed by atoms with van der Waals surface area (Å²) in [6.45, 7) is -2.20. The first-order chi connectivity index (χ1) is 16.9. The summed E-state index contributed by atoms with van der Waals surface area (Å²) in [4.78, 5) is 41.5. The van der Waals surface area contributed by atoms with Crippen molar-refractivity contribution in [1.82, 2.24) is 15.2 Å². The van der Waals surface area contributed by atoms with Gasteiger partial charge in [-0.1, -0.05) is 0 Å². The van der Waals surface area contributed by atoms with Crippen LogP contribution in [0.5, 0.6) is 5.75 Å². The zero-order valence-electron chi connectivity index (χ0n) is 18.3. The highest BCUT2D eigenvalue weighted by atomic mass is 19.4. The van der Waals surface area contributed by atoms with Crippen molar-refractivity contribution in [1.29, 1.82) is 5.26 Å². The summed E-state index contributed by atoms with van der Waals surface area (Å²) in [6.07, 6.45) is -2.94. The highest BCUT2D eigenvalue weighted by Crippen LogP contribution is 2.32. The molecule has 1 fully saturated rings. The number of carbonyl (C=O) groups excluding carboxylic acids is 3. The molecular formula is C22H18F5N5O4. The average molecular weight is 511 g/mol. The molecule has 1 aliphatic rings. The second kappa shape index (κ2) is 10.5. The molecule has 190 valence electrons. The van der Waals surface area contributed by atoms with E-state index < -0.39 is 67.5 Å². The van der Waals surface area contributed by atoms with Gasteiger partial charge in [0.05, 0.1) is 42.2 Å². The molecule has 1 aliphatic heterocycles. The molecule has 9 nitrogen and oxygen atoms in total. The first kappa shape index (κ1) is 26.3. The van der Waals surface area contributed by atoms with E-state index in [0.717, 1.165) is 30.5 Å². The van der Waals surface area contributed by atoms with E-state index in [1.807, 2.05) is 0 Å². The average Bonchev–Trinajstić information content (AvgIpc) is 3.15. The van der Waals surface area contributed by atoms with Crippen LogP contribution < -0.4 is 15.4 Å². The van der Waals surface area contributed by atoms with Crippen molar-refractivity contribution < 1.29 is 41.1 Å². The number of benzene rings is 1. The van der Waals surface area contributed by atoms with Gasteiger partial charge in [0.1, 0.15) is 11.8 Å². The van der Waals surface area contributed by atoms with Gasteiger partial charge < -0.3 is 20.3 Å². The van der Waals surface area contributed by atoms with Crippen LogP contribution in [-0.4, -0.2) is 59.3 Å². The molecule has 0 radical (unpaired) electrons. The summed E-state index contributed by atoms with van der Waals surface area (Å²) in [5.41, 5.74) is -1.05. The standard InChI is InChI=1S/C22H18F5N5O4/c23-21(24)7-14(8-28)32(12-21)19(34)10-30-20(35)16-5-6-29-9-17(16)31-18(33)11-36-15-3-1-13(2-4-15)22(25,26)27/h1-6,9,14H,7,10-12H2,(H,30,35)(H,31,33). The lowest BCUT2D eigenvalue weighted by atomic mass is 10.2. The number of pyridine rings is 1. The summed E-state index contributed by atoms with van der Waals surface area (Å²) in [5, 5.41) is 13.6. The van der Waals surface area contributed by atoms with Gasteiger partial charge in [0.2, 0.25) is 5.91 Å². The molecule has 3 amide bonds. The number of carbonyl (C=O) groups is 3. The molecule has 0 bridgehead atoms. The minimum atomic E-state index is -4.52. The van der Waals surface area contributed by atoms with Crippen LogP contribution in [0.2, 0.25) is 0 Å². The Bertz CT molecular complexity index is 1180. The molecule has 2 heterocycles. The normalized spacial score (nSPS) is 16.7. The second-order valence-electron chi connectivity index (χ2n) is 7.69. The highest BCUT2D eigenvalue weighted by Gasteiger charge is 2.47. The van der Waals surface area contributed by atoms with Gasteiger partial charge in [-0.2, -0.15) is 18.4 Å². The Morgan fingerprint density at radius 1 is 1.19 bits per heavy atom. The minimum Gasteiger partial charge on any atom is -0.484 e. The third-order valence-corrected chi connectivity index (χ3v) is 5.03. The number of nitrogens with zero attached hydrogens (tertiary/aromatic N) is 3. The summed E-state index contributed by atoms with van der Waals surface area (Å²) >= 11 is 0. The lowest BCUT2D eigenvalue weighted by molar-refractivity contribution is -0.137. The minimum absolute atomic E-state index is 0.00368. The van der Waals surface area contributed by atoms with Crippen LogP contribution in [0.1, 0.15) is 22.3 Å². The number of ether oxygens (including phenoxy) is 1. The van der Waals surface area contributed by atoms with Gasteiger partial charge in [-0.3, -0.25) is 19.4 Å². The van der Waals surface area contributed by atoms with E-state index in [9.17, 15) is 36.3 Å². The molecule has 1 aromatic carbocycles. The van der Waals surface area contributed by atoms with E-state index in [-0.39, 0.29) is 17.0 Å². The number of nitrogens with one attached hydrogen (secondary N) is 2. The van der Waals surface area contributed by atoms with Crippen LogP contribution in [0.4, 0.5) is 27.6 Å². The third kappa shape index (κ3) is 6.65. The topological polar surface area (TPSA) is 124 Å². The van der Waals surface area contributed by atoms with E-state index in [1.54, 1.807) is 6.07 Å². The molecule has 2 N–H and O–H groups in total. The molecule has 0 spiro atoms. The van der Waals surface area contributed by atoms with Gasteiger partial charge in [-0.15, -0.1) is 0 Å². The molecule has 2 aromatic rings. The van der Waals surface area contributed by atoms with E-state index in [2.05, 4.69) is 15.6 Å². The number of aromatic nitrogens is 1. The zero-order valence-corrected chi connectivity index (χ0v) is 18.3. The van der Waals surface area contributed by atoms with Crippen molar-refractivity contribution in [3.05, 3.63) is 53.9 Å². The van der Waals surface area contributed by atoms with E-state index >= 15 is 0 Å². The van der Waals surface area contributed by atoms with Crippen LogP contribution >= 0.6 is 0 Å². The van der Waals surface area contributed by atoms with Crippen molar-refractivity contribution in [3.8, 4) is 11.8 Å². The molecule has 1 aromatic heterocycles. The van der Waals surface area contributed by atoms with E-state index in [4.69, 9.17) is 10.00 Å². The second-order valence-corrected chi connectivity index (χ2v) is 7.69. The Morgan fingerprint density at radius 3 is 2.53 bits per heavy atom. The van der Waals surface area contributed by atoms with Crippen molar-refractivity contribution in [2.45, 2.75) is 24.6 Å². The molecule has 1 saturated heterocycles. The van der Waals surface area contributed by atoms with Crippen LogP contribution in [-0.2, 0) is 15.8 Å². The van der Waals surface area contributed by atoms with Gasteiger partial charge in [-0.25, -0.2) is 8.78 Å². The molecule has 1 unspecified atom stereocenters. The Morgan fingerprint density at radius 2 is 1.89 bits per heavy atom. The van der Waals surface area contributed by atoms with E-state index in [1.165, 1.54) is 12.3 Å². The molecule has 0 aliphatic carbocycles. The van der Waals surface area contributed by atoms with Crippen LogP contribution in [0, 0.1) is 11.3 Å². The number of likely N-dealkylation sites (tertiary alicyclic amines) is 1. The van der Waals surface area contributed by atoms with Crippen molar-refractivity contribution in [3.63, 3.8) is 0 Å². The maximum absolute atomic E-state index is 13.5. The highest BCUT2D eigenvalue weighted by molar-refractivity contribution is 6.04. The monoisotopic (exact) mass is 511 g/mol.